The molecule has 0 saturated carbocycles. The molecular formula is C20H15Cl2N7O3. The molecule has 0 aliphatic heterocycles. The van der Waals surface area contributed by atoms with Gasteiger partial charge in [-0.25, -0.2) is 19.9 Å². The van der Waals surface area contributed by atoms with Crippen molar-refractivity contribution in [1.82, 2.24) is 24.5 Å². The number of aromatic nitrogens is 5. The van der Waals surface area contributed by atoms with Crippen LogP contribution in [0.4, 0.5) is 11.6 Å². The Hall–Kier alpha value is -3.76. The topological polar surface area (TPSA) is 121 Å². The quantitative estimate of drug-likeness (QED) is 0.227. The number of hydrogen-bond donors (Lipinski definition) is 1. The van der Waals surface area contributed by atoms with Gasteiger partial charge in [-0.1, -0.05) is 23.2 Å². The number of nitrogens with one attached hydrogen (secondary N) is 1. The van der Waals surface area contributed by atoms with Crippen LogP contribution in [0.25, 0.3) is 16.9 Å². The average molecular weight is 472 g/mol. The number of halogens is 2. The van der Waals surface area contributed by atoms with Crippen LogP contribution in [-0.2, 0) is 0 Å². The minimum absolute atomic E-state index is 0.102. The van der Waals surface area contributed by atoms with Crippen LogP contribution in [0.3, 0.4) is 0 Å². The third kappa shape index (κ3) is 4.93. The fourth-order valence-electron chi connectivity index (χ4n) is 2.82. The van der Waals surface area contributed by atoms with Crippen LogP contribution in [0, 0.1) is 10.1 Å². The van der Waals surface area contributed by atoms with Crippen LogP contribution in [0.1, 0.15) is 0 Å². The van der Waals surface area contributed by atoms with Crippen LogP contribution < -0.4 is 10.1 Å². The van der Waals surface area contributed by atoms with Crippen molar-refractivity contribution >= 4 is 34.8 Å². The minimum Gasteiger partial charge on any atom is -0.476 e. The van der Waals surface area contributed by atoms with Gasteiger partial charge in [0, 0.05) is 35.1 Å². The second kappa shape index (κ2) is 9.58. The van der Waals surface area contributed by atoms with Gasteiger partial charge in [0.15, 0.2) is 0 Å². The van der Waals surface area contributed by atoms with E-state index in [1.165, 1.54) is 12.1 Å². The van der Waals surface area contributed by atoms with E-state index in [1.807, 2.05) is 0 Å². The molecule has 0 aliphatic rings. The number of pyridine rings is 1. The lowest BCUT2D eigenvalue weighted by Gasteiger charge is -2.13. The van der Waals surface area contributed by atoms with E-state index in [0.717, 1.165) is 6.20 Å². The van der Waals surface area contributed by atoms with Gasteiger partial charge < -0.3 is 14.6 Å². The minimum atomic E-state index is -0.520. The summed E-state index contributed by atoms with van der Waals surface area (Å²) in [6.07, 6.45) is 7.89. The Morgan fingerprint density at radius 1 is 1.16 bits per heavy atom. The number of nitro groups is 1. The molecule has 0 amide bonds. The van der Waals surface area contributed by atoms with E-state index in [9.17, 15) is 10.1 Å². The zero-order valence-corrected chi connectivity index (χ0v) is 17.9. The van der Waals surface area contributed by atoms with Crippen LogP contribution in [0.2, 0.25) is 10.0 Å². The van der Waals surface area contributed by atoms with Gasteiger partial charge in [-0.2, -0.15) is 0 Å². The third-order valence-corrected chi connectivity index (χ3v) is 4.85. The van der Waals surface area contributed by atoms with Crippen LogP contribution >= 0.6 is 23.2 Å². The Balaban J connectivity index is 1.49. The summed E-state index contributed by atoms with van der Waals surface area (Å²) < 4.78 is 7.28. The smallest absolute Gasteiger partial charge is 0.287 e. The SMILES string of the molecule is O=[N+]([O-])c1ccc(OCCNc2ncc(-n3ccnc3)c(-c3ccc(Cl)cc3Cl)n2)nc1. The predicted octanol–water partition coefficient (Wildman–Crippen LogP) is 4.43. The van der Waals surface area contributed by atoms with Gasteiger partial charge in [0.05, 0.1) is 34.7 Å². The molecule has 0 fully saturated rings. The third-order valence-electron chi connectivity index (χ3n) is 4.30. The molecule has 12 heteroatoms. The fourth-order valence-corrected chi connectivity index (χ4v) is 3.31. The first-order valence-corrected chi connectivity index (χ1v) is 10.0. The number of hydrogen-bond acceptors (Lipinski definition) is 8. The van der Waals surface area contributed by atoms with Crippen molar-refractivity contribution in [3.05, 3.63) is 81.6 Å². The van der Waals surface area contributed by atoms with Crippen LogP contribution in [0.15, 0.2) is 61.4 Å². The van der Waals surface area contributed by atoms with Gasteiger partial charge in [-0.15, -0.1) is 0 Å². The Kier molecular flexibility index (Phi) is 6.43. The van der Waals surface area contributed by atoms with Crippen molar-refractivity contribution in [3.63, 3.8) is 0 Å². The highest BCUT2D eigenvalue weighted by molar-refractivity contribution is 6.36. The summed E-state index contributed by atoms with van der Waals surface area (Å²) >= 11 is 12.5. The number of ether oxygens (including phenoxy) is 1. The fraction of sp³-hybridized carbons (Fsp3) is 0.100. The molecule has 3 aromatic heterocycles. The lowest BCUT2D eigenvalue weighted by Crippen LogP contribution is -2.14. The van der Waals surface area contributed by atoms with Crippen molar-refractivity contribution in [2.24, 2.45) is 0 Å². The highest BCUT2D eigenvalue weighted by Gasteiger charge is 2.15. The molecule has 162 valence electrons. The molecule has 1 aromatic carbocycles. The van der Waals surface area contributed by atoms with Crippen molar-refractivity contribution in [3.8, 4) is 22.8 Å². The summed E-state index contributed by atoms with van der Waals surface area (Å²) in [5.74, 6) is 0.651. The molecular weight excluding hydrogens is 457 g/mol. The zero-order valence-electron chi connectivity index (χ0n) is 16.4. The second-order valence-corrected chi connectivity index (χ2v) is 7.25. The van der Waals surface area contributed by atoms with Crippen molar-refractivity contribution in [2.45, 2.75) is 0 Å². The Morgan fingerprint density at radius 2 is 2.03 bits per heavy atom. The van der Waals surface area contributed by atoms with Gasteiger partial charge >= 0.3 is 0 Å². The first-order valence-electron chi connectivity index (χ1n) is 9.29. The van der Waals surface area contributed by atoms with E-state index < -0.39 is 4.92 Å². The van der Waals surface area contributed by atoms with Gasteiger partial charge in [0.2, 0.25) is 11.8 Å². The Labute approximate surface area is 192 Å². The summed E-state index contributed by atoms with van der Waals surface area (Å²) in [6, 6.07) is 7.95. The second-order valence-electron chi connectivity index (χ2n) is 6.41. The van der Waals surface area contributed by atoms with Crippen LogP contribution in [0.5, 0.6) is 5.88 Å². The zero-order chi connectivity index (χ0) is 22.5. The number of nitrogens with zero attached hydrogens (tertiary/aromatic N) is 6. The summed E-state index contributed by atoms with van der Waals surface area (Å²) in [7, 11) is 0. The summed E-state index contributed by atoms with van der Waals surface area (Å²) in [5, 5.41) is 14.7. The van der Waals surface area contributed by atoms with Gasteiger partial charge in [0.25, 0.3) is 5.69 Å². The van der Waals surface area contributed by atoms with Gasteiger partial charge in [-0.05, 0) is 18.2 Å². The van der Waals surface area contributed by atoms with E-state index in [4.69, 9.17) is 27.9 Å². The molecule has 0 spiro atoms. The molecule has 4 aromatic rings. The normalized spacial score (nSPS) is 10.7. The lowest BCUT2D eigenvalue weighted by atomic mass is 10.1. The first-order chi connectivity index (χ1) is 15.5. The molecule has 32 heavy (non-hydrogen) atoms. The number of rotatable bonds is 8. The summed E-state index contributed by atoms with van der Waals surface area (Å²) in [4.78, 5) is 27.1. The van der Waals surface area contributed by atoms with Crippen LogP contribution in [-0.4, -0.2) is 42.6 Å². The summed E-state index contributed by atoms with van der Waals surface area (Å²) in [5.41, 5.74) is 1.88. The monoisotopic (exact) mass is 471 g/mol. The van der Waals surface area contributed by atoms with Crippen molar-refractivity contribution < 1.29 is 9.66 Å². The summed E-state index contributed by atoms with van der Waals surface area (Å²) in [6.45, 7) is 0.616. The molecule has 0 atom stereocenters. The Morgan fingerprint density at radius 3 is 2.72 bits per heavy atom. The molecule has 0 bridgehead atoms. The maximum Gasteiger partial charge on any atom is 0.287 e. The highest BCUT2D eigenvalue weighted by atomic mass is 35.5. The van der Waals surface area contributed by atoms with E-state index in [-0.39, 0.29) is 18.2 Å². The highest BCUT2D eigenvalue weighted by Crippen LogP contribution is 2.33. The number of anilines is 1. The maximum absolute atomic E-state index is 10.7. The molecule has 0 saturated heterocycles. The largest absolute Gasteiger partial charge is 0.476 e. The maximum atomic E-state index is 10.7. The van der Waals surface area contributed by atoms with Crippen molar-refractivity contribution in [1.29, 1.82) is 0 Å². The number of imidazole rings is 1. The Bertz CT molecular complexity index is 1230. The molecule has 1 N–H and O–H groups in total. The van der Waals surface area contributed by atoms with E-state index in [1.54, 1.807) is 47.7 Å². The lowest BCUT2D eigenvalue weighted by molar-refractivity contribution is -0.385. The average Bonchev–Trinajstić information content (AvgIpc) is 3.32. The van der Waals surface area contributed by atoms with Gasteiger partial charge in [-0.3, -0.25) is 10.1 Å². The molecule has 0 radical (unpaired) electrons. The van der Waals surface area contributed by atoms with Gasteiger partial charge in [0.1, 0.15) is 18.5 Å². The van der Waals surface area contributed by atoms with E-state index >= 15 is 0 Å². The van der Waals surface area contributed by atoms with Crippen molar-refractivity contribution in [2.75, 3.05) is 18.5 Å². The molecule has 0 unspecified atom stereocenters. The molecule has 0 aliphatic carbocycles. The first kappa shape index (κ1) is 21.5. The molecule has 10 nitrogen and oxygen atoms in total. The molecule has 3 heterocycles. The van der Waals surface area contributed by atoms with E-state index in [2.05, 4.69) is 25.3 Å². The molecule has 4 rings (SSSR count). The predicted molar refractivity (Wildman–Crippen MR) is 119 cm³/mol. The van der Waals surface area contributed by atoms with E-state index in [0.29, 0.717) is 39.5 Å². The number of benzene rings is 1. The standard InChI is InChI=1S/C20H15Cl2N7O3/c21-13-1-3-15(16(22)9-13)19-17(28-7-5-23-12-28)11-26-20(27-19)24-6-8-32-18-4-2-14(10-25-18)29(30)31/h1-5,7,9-12H,6,8H2,(H,24,26,27).